The molecule has 1 saturated carbocycles. The Hall–Kier alpha value is -2.04. The van der Waals surface area contributed by atoms with Crippen LogP contribution in [0.3, 0.4) is 0 Å². The van der Waals surface area contributed by atoms with Crippen LogP contribution in [-0.4, -0.2) is 18.5 Å². The van der Waals surface area contributed by atoms with Crippen LogP contribution < -0.4 is 14.8 Å². The average Bonchev–Trinajstić information content (AvgIpc) is 3.07. The van der Waals surface area contributed by atoms with Gasteiger partial charge in [-0.25, -0.2) is 0 Å². The maximum atomic E-state index is 12.1. The number of amides is 1. The number of benzene rings is 1. The van der Waals surface area contributed by atoms with Crippen LogP contribution >= 0.6 is 0 Å². The highest BCUT2D eigenvalue weighted by Crippen LogP contribution is 2.37. The molecule has 0 bridgehead atoms. The van der Waals surface area contributed by atoms with Crippen LogP contribution in [0.5, 0.6) is 11.5 Å². The number of anilines is 1. The lowest BCUT2D eigenvalue weighted by Crippen LogP contribution is -2.17. The summed E-state index contributed by atoms with van der Waals surface area (Å²) in [7, 11) is 0. The number of carbonyl (C=O) groups excluding carboxylic acids is 2. The highest BCUT2D eigenvalue weighted by molar-refractivity contribution is 6.04. The second kappa shape index (κ2) is 5.76. The molecule has 1 aromatic rings. The summed E-state index contributed by atoms with van der Waals surface area (Å²) in [6.45, 7) is 1.62. The monoisotopic (exact) mass is 289 g/mol. The Morgan fingerprint density at radius 2 is 1.86 bits per heavy atom. The fraction of sp³-hybridized carbons (Fsp3) is 0.500. The van der Waals surface area contributed by atoms with Gasteiger partial charge in [-0.3, -0.25) is 9.59 Å². The van der Waals surface area contributed by atoms with Crippen LogP contribution in [-0.2, 0) is 4.79 Å². The summed E-state index contributed by atoms with van der Waals surface area (Å²) >= 11 is 0. The number of fused-ring (bicyclic) bond motifs is 1. The van der Waals surface area contributed by atoms with Gasteiger partial charge in [-0.2, -0.15) is 0 Å². The normalized spacial score (nSPS) is 17.0. The molecule has 0 aromatic heterocycles. The number of hydrogen-bond acceptors (Lipinski definition) is 4. The Balaban J connectivity index is 1.77. The number of ether oxygens (including phenoxy) is 2. The number of carbonyl (C=O) groups is 2. The molecule has 1 fully saturated rings. The molecule has 0 spiro atoms. The van der Waals surface area contributed by atoms with E-state index < -0.39 is 0 Å². The zero-order chi connectivity index (χ0) is 14.8. The van der Waals surface area contributed by atoms with Gasteiger partial charge in [0.1, 0.15) is 0 Å². The molecule has 2 aliphatic rings. The van der Waals surface area contributed by atoms with Crippen molar-refractivity contribution < 1.29 is 19.1 Å². The lowest BCUT2D eigenvalue weighted by molar-refractivity contribution is -0.117. The summed E-state index contributed by atoms with van der Waals surface area (Å²) in [6.07, 6.45) is 5.18. The Morgan fingerprint density at radius 3 is 2.52 bits per heavy atom. The molecular weight excluding hydrogens is 270 g/mol. The first-order chi connectivity index (χ1) is 10.1. The van der Waals surface area contributed by atoms with E-state index in [0.717, 1.165) is 12.8 Å². The fourth-order valence-electron chi connectivity index (χ4n) is 3.01. The molecule has 1 amide bonds. The zero-order valence-electron chi connectivity index (χ0n) is 12.1. The van der Waals surface area contributed by atoms with Crippen molar-refractivity contribution in [2.75, 3.05) is 12.1 Å². The molecule has 1 N–H and O–H groups in total. The molecule has 1 aliphatic carbocycles. The third kappa shape index (κ3) is 3.01. The van der Waals surface area contributed by atoms with E-state index >= 15 is 0 Å². The summed E-state index contributed by atoms with van der Waals surface area (Å²) < 4.78 is 10.6. The molecule has 5 heteroatoms. The van der Waals surface area contributed by atoms with Gasteiger partial charge in [0.05, 0.1) is 5.69 Å². The smallest absolute Gasteiger partial charge is 0.231 e. The summed E-state index contributed by atoms with van der Waals surface area (Å²) in [6, 6.07) is 3.31. The molecule has 1 aromatic carbocycles. The van der Waals surface area contributed by atoms with E-state index in [2.05, 4.69) is 5.32 Å². The van der Waals surface area contributed by atoms with Gasteiger partial charge < -0.3 is 14.8 Å². The molecule has 1 heterocycles. The first-order valence-corrected chi connectivity index (χ1v) is 7.38. The lowest BCUT2D eigenvalue weighted by atomic mass is 10.0. The van der Waals surface area contributed by atoms with Crippen molar-refractivity contribution in [2.45, 2.75) is 39.0 Å². The molecule has 0 unspecified atom stereocenters. The fourth-order valence-corrected chi connectivity index (χ4v) is 3.01. The Labute approximate surface area is 123 Å². The van der Waals surface area contributed by atoms with E-state index in [0.29, 0.717) is 35.1 Å². The van der Waals surface area contributed by atoms with Crippen LogP contribution in [0.15, 0.2) is 12.1 Å². The van der Waals surface area contributed by atoms with E-state index in [1.54, 1.807) is 12.1 Å². The standard InChI is InChI=1S/C16H19NO4/c1-10(18)12-7-14-15(21-9-20-14)8-13(12)17-16(19)6-11-4-2-3-5-11/h7-8,11H,2-6,9H2,1H3,(H,17,19). The van der Waals surface area contributed by atoms with Crippen molar-refractivity contribution >= 4 is 17.4 Å². The Kier molecular flexibility index (Phi) is 3.82. The molecule has 21 heavy (non-hydrogen) atoms. The molecule has 3 rings (SSSR count). The number of hydrogen-bond donors (Lipinski definition) is 1. The summed E-state index contributed by atoms with van der Waals surface area (Å²) in [5.74, 6) is 1.44. The van der Waals surface area contributed by atoms with Gasteiger partial charge in [0.15, 0.2) is 17.3 Å². The molecule has 5 nitrogen and oxygen atoms in total. The third-order valence-electron chi connectivity index (χ3n) is 4.11. The number of ketones is 1. The topological polar surface area (TPSA) is 64.6 Å². The highest BCUT2D eigenvalue weighted by Gasteiger charge is 2.22. The van der Waals surface area contributed by atoms with Crippen molar-refractivity contribution in [3.05, 3.63) is 17.7 Å². The minimum Gasteiger partial charge on any atom is -0.454 e. The quantitative estimate of drug-likeness (QED) is 0.865. The van der Waals surface area contributed by atoms with Gasteiger partial charge in [-0.15, -0.1) is 0 Å². The van der Waals surface area contributed by atoms with E-state index in [-0.39, 0.29) is 18.5 Å². The minimum atomic E-state index is -0.107. The van der Waals surface area contributed by atoms with E-state index in [4.69, 9.17) is 9.47 Å². The second-order valence-corrected chi connectivity index (χ2v) is 5.71. The van der Waals surface area contributed by atoms with Crippen molar-refractivity contribution in [3.8, 4) is 11.5 Å². The van der Waals surface area contributed by atoms with Gasteiger partial charge in [0.2, 0.25) is 12.7 Å². The number of nitrogens with one attached hydrogen (secondary N) is 1. The zero-order valence-corrected chi connectivity index (χ0v) is 12.1. The number of Topliss-reactive ketones (excluding diaryl/α,β-unsaturated/α-hetero) is 1. The Bertz CT molecular complexity index is 576. The van der Waals surface area contributed by atoms with Gasteiger partial charge in [-0.05, 0) is 31.7 Å². The summed E-state index contributed by atoms with van der Waals surface area (Å²) in [4.78, 5) is 23.9. The van der Waals surface area contributed by atoms with Gasteiger partial charge in [-0.1, -0.05) is 12.8 Å². The van der Waals surface area contributed by atoms with Crippen molar-refractivity contribution in [3.63, 3.8) is 0 Å². The molecule has 0 radical (unpaired) electrons. The van der Waals surface area contributed by atoms with Crippen LogP contribution in [0.2, 0.25) is 0 Å². The third-order valence-corrected chi connectivity index (χ3v) is 4.11. The lowest BCUT2D eigenvalue weighted by Gasteiger charge is -2.12. The van der Waals surface area contributed by atoms with Crippen molar-refractivity contribution in [1.29, 1.82) is 0 Å². The van der Waals surface area contributed by atoms with E-state index in [1.165, 1.54) is 19.8 Å². The predicted molar refractivity (Wildman–Crippen MR) is 77.8 cm³/mol. The predicted octanol–water partition coefficient (Wildman–Crippen LogP) is 3.14. The van der Waals surface area contributed by atoms with E-state index in [1.807, 2.05) is 0 Å². The minimum absolute atomic E-state index is 0.0386. The molecule has 112 valence electrons. The molecule has 0 atom stereocenters. The van der Waals surface area contributed by atoms with Gasteiger partial charge >= 0.3 is 0 Å². The van der Waals surface area contributed by atoms with Gasteiger partial charge in [0, 0.05) is 18.1 Å². The van der Waals surface area contributed by atoms with E-state index in [9.17, 15) is 9.59 Å². The second-order valence-electron chi connectivity index (χ2n) is 5.71. The number of rotatable bonds is 4. The Morgan fingerprint density at radius 1 is 1.19 bits per heavy atom. The molecule has 1 aliphatic heterocycles. The first-order valence-electron chi connectivity index (χ1n) is 7.38. The van der Waals surface area contributed by atoms with Crippen LogP contribution in [0.1, 0.15) is 49.4 Å². The van der Waals surface area contributed by atoms with Gasteiger partial charge in [0.25, 0.3) is 0 Å². The summed E-state index contributed by atoms with van der Waals surface area (Å²) in [5.41, 5.74) is 0.966. The SMILES string of the molecule is CC(=O)c1cc2c(cc1NC(=O)CC1CCCC1)OCO2. The largest absolute Gasteiger partial charge is 0.454 e. The maximum absolute atomic E-state index is 12.1. The van der Waals surface area contributed by atoms with Crippen molar-refractivity contribution in [1.82, 2.24) is 0 Å². The van der Waals surface area contributed by atoms with Crippen LogP contribution in [0.25, 0.3) is 0 Å². The van der Waals surface area contributed by atoms with Crippen LogP contribution in [0.4, 0.5) is 5.69 Å². The highest BCUT2D eigenvalue weighted by atomic mass is 16.7. The molecule has 0 saturated heterocycles. The van der Waals surface area contributed by atoms with Crippen LogP contribution in [0, 0.1) is 5.92 Å². The summed E-state index contributed by atoms with van der Waals surface area (Å²) in [5, 5.41) is 2.85. The maximum Gasteiger partial charge on any atom is 0.231 e. The van der Waals surface area contributed by atoms with Crippen molar-refractivity contribution in [2.24, 2.45) is 5.92 Å². The average molecular weight is 289 g/mol. The molecular formula is C16H19NO4. The first kappa shape index (κ1) is 13.9.